The van der Waals surface area contributed by atoms with Gasteiger partial charge in [-0.2, -0.15) is 4.59 Å². The molecule has 0 saturated heterocycles. The zero-order valence-electron chi connectivity index (χ0n) is 13.6. The van der Waals surface area contributed by atoms with Gasteiger partial charge in [0, 0.05) is 11.6 Å². The highest BCUT2D eigenvalue weighted by atomic mass is 35.5. The summed E-state index contributed by atoms with van der Waals surface area (Å²) in [5.41, 5.74) is 2.30. The van der Waals surface area contributed by atoms with Gasteiger partial charge in [0.1, 0.15) is 31.2 Å². The molecule has 1 aromatic rings. The first-order chi connectivity index (χ1) is 11.1. The van der Waals surface area contributed by atoms with Crippen molar-refractivity contribution in [2.75, 3.05) is 6.54 Å². The van der Waals surface area contributed by atoms with Crippen LogP contribution < -0.4 is 5.32 Å². The first-order valence-corrected chi connectivity index (χ1v) is 9.21. The lowest BCUT2D eigenvalue weighted by molar-refractivity contribution is -0.895. The second-order valence-corrected chi connectivity index (χ2v) is 7.33. The van der Waals surface area contributed by atoms with E-state index in [4.69, 9.17) is 28.3 Å². The fourth-order valence-electron chi connectivity index (χ4n) is 3.39. The Kier molecular flexibility index (Phi) is 5.30. The van der Waals surface area contributed by atoms with Crippen LogP contribution in [0.1, 0.15) is 44.6 Å². The van der Waals surface area contributed by atoms with Crippen molar-refractivity contribution in [3.05, 3.63) is 45.7 Å². The van der Waals surface area contributed by atoms with E-state index in [9.17, 15) is 0 Å². The van der Waals surface area contributed by atoms with Crippen molar-refractivity contribution in [2.45, 2.75) is 51.6 Å². The molecule has 0 spiro atoms. The van der Waals surface area contributed by atoms with Gasteiger partial charge in [0.25, 0.3) is 0 Å². The molecular formula is C18H24Cl2N3+. The molecule has 0 radical (unpaired) electrons. The molecule has 1 N–H and O–H groups in total. The average Bonchev–Trinajstić information content (AvgIpc) is 2.95. The maximum atomic E-state index is 6.14. The van der Waals surface area contributed by atoms with E-state index in [1.807, 2.05) is 24.4 Å². The van der Waals surface area contributed by atoms with Crippen molar-refractivity contribution < 1.29 is 4.59 Å². The summed E-state index contributed by atoms with van der Waals surface area (Å²) in [6.45, 7) is 3.86. The van der Waals surface area contributed by atoms with Crippen LogP contribution in [0.4, 0.5) is 0 Å². The Morgan fingerprint density at radius 2 is 1.96 bits per heavy atom. The summed E-state index contributed by atoms with van der Waals surface area (Å²) in [5, 5.41) is 9.62. The third kappa shape index (κ3) is 4.09. The number of allylic oxidation sites excluding steroid dienone is 1. The summed E-state index contributed by atoms with van der Waals surface area (Å²) in [7, 11) is 0. The van der Waals surface area contributed by atoms with Gasteiger partial charge < -0.3 is 5.32 Å². The predicted octanol–water partition coefficient (Wildman–Crippen LogP) is 5.09. The van der Waals surface area contributed by atoms with Crippen molar-refractivity contribution >= 4 is 29.4 Å². The molecule has 0 bridgehead atoms. The number of hydrogen-bond acceptors (Lipinski definition) is 2. The van der Waals surface area contributed by atoms with Crippen LogP contribution >= 0.6 is 23.2 Å². The Hall–Kier alpha value is -1.03. The number of nitrogens with one attached hydrogen (secondary N) is 1. The summed E-state index contributed by atoms with van der Waals surface area (Å²) >= 11 is 12.1. The van der Waals surface area contributed by atoms with Gasteiger partial charge in [0.05, 0.1) is 10.0 Å². The van der Waals surface area contributed by atoms with Gasteiger partial charge in [-0.3, -0.25) is 0 Å². The van der Waals surface area contributed by atoms with E-state index in [1.165, 1.54) is 32.1 Å². The molecule has 5 heteroatoms. The van der Waals surface area contributed by atoms with Crippen molar-refractivity contribution in [2.24, 2.45) is 5.10 Å². The van der Waals surface area contributed by atoms with Crippen LogP contribution in [0.3, 0.4) is 0 Å². The Balaban J connectivity index is 1.71. The van der Waals surface area contributed by atoms with Crippen LogP contribution in [0.25, 0.3) is 0 Å². The van der Waals surface area contributed by atoms with Gasteiger partial charge >= 0.3 is 0 Å². The van der Waals surface area contributed by atoms with Crippen molar-refractivity contribution in [1.82, 2.24) is 5.32 Å². The molecule has 0 amide bonds. The molecule has 3 rings (SSSR count). The minimum atomic E-state index is 0.576. The minimum absolute atomic E-state index is 0.576. The maximum absolute atomic E-state index is 6.14. The second-order valence-electron chi connectivity index (χ2n) is 6.52. The summed E-state index contributed by atoms with van der Waals surface area (Å²) in [5.74, 6) is 0. The number of quaternary nitrogens is 1. The van der Waals surface area contributed by atoms with E-state index in [1.54, 1.807) is 0 Å². The molecule has 1 fully saturated rings. The zero-order valence-corrected chi connectivity index (χ0v) is 15.1. The highest BCUT2D eigenvalue weighted by molar-refractivity contribution is 6.42. The van der Waals surface area contributed by atoms with Crippen LogP contribution in [-0.4, -0.2) is 23.4 Å². The molecule has 1 atom stereocenters. The lowest BCUT2D eigenvalue weighted by Crippen LogP contribution is -2.35. The SMILES string of the molecule is CC[N+]1(Cc2ccc(Cl)c(Cl)c2)C=C(NC2CCCCC2)C=N1. The molecule has 2 aliphatic rings. The van der Waals surface area contributed by atoms with Crippen molar-refractivity contribution in [1.29, 1.82) is 0 Å². The van der Waals surface area contributed by atoms with Crippen LogP contribution in [-0.2, 0) is 6.54 Å². The lowest BCUT2D eigenvalue weighted by Gasteiger charge is -2.25. The number of halogens is 2. The van der Waals surface area contributed by atoms with E-state index in [-0.39, 0.29) is 0 Å². The third-order valence-corrected chi connectivity index (χ3v) is 5.51. The van der Waals surface area contributed by atoms with E-state index in [0.29, 0.717) is 20.7 Å². The summed E-state index contributed by atoms with van der Waals surface area (Å²) < 4.78 is 0.576. The van der Waals surface area contributed by atoms with E-state index in [0.717, 1.165) is 24.4 Å². The summed E-state index contributed by atoms with van der Waals surface area (Å²) in [6.07, 6.45) is 10.8. The smallest absolute Gasteiger partial charge is 0.148 e. The van der Waals surface area contributed by atoms with Crippen molar-refractivity contribution in [3.63, 3.8) is 0 Å². The van der Waals surface area contributed by atoms with E-state index >= 15 is 0 Å². The molecular weight excluding hydrogens is 329 g/mol. The summed E-state index contributed by atoms with van der Waals surface area (Å²) in [6, 6.07) is 6.42. The Morgan fingerprint density at radius 3 is 2.65 bits per heavy atom. The number of rotatable bonds is 5. The van der Waals surface area contributed by atoms with E-state index in [2.05, 4.69) is 18.4 Å². The van der Waals surface area contributed by atoms with E-state index < -0.39 is 0 Å². The largest absolute Gasteiger partial charge is 0.377 e. The van der Waals surface area contributed by atoms with Crippen LogP contribution in [0, 0.1) is 0 Å². The topological polar surface area (TPSA) is 24.4 Å². The predicted molar refractivity (Wildman–Crippen MR) is 97.6 cm³/mol. The molecule has 1 heterocycles. The fraction of sp³-hybridized carbons (Fsp3) is 0.500. The number of nitrogens with zero attached hydrogens (tertiary/aromatic N) is 2. The highest BCUT2D eigenvalue weighted by Crippen LogP contribution is 2.27. The monoisotopic (exact) mass is 352 g/mol. The first-order valence-electron chi connectivity index (χ1n) is 8.46. The molecule has 1 saturated carbocycles. The molecule has 3 nitrogen and oxygen atoms in total. The quantitative estimate of drug-likeness (QED) is 0.733. The molecule has 0 aromatic heterocycles. The van der Waals surface area contributed by atoms with Crippen LogP contribution in [0.5, 0.6) is 0 Å². The fourth-order valence-corrected chi connectivity index (χ4v) is 3.71. The van der Waals surface area contributed by atoms with Gasteiger partial charge in [-0.25, -0.2) is 0 Å². The molecule has 124 valence electrons. The van der Waals surface area contributed by atoms with Gasteiger partial charge in [-0.05, 0) is 31.9 Å². The highest BCUT2D eigenvalue weighted by Gasteiger charge is 2.30. The second kappa shape index (κ2) is 7.25. The van der Waals surface area contributed by atoms with Crippen LogP contribution in [0.15, 0.2) is 35.2 Å². The third-order valence-electron chi connectivity index (χ3n) is 4.77. The molecule has 1 aliphatic carbocycles. The number of benzene rings is 1. The van der Waals surface area contributed by atoms with Gasteiger partial charge in [-0.15, -0.1) is 0 Å². The van der Waals surface area contributed by atoms with Crippen molar-refractivity contribution in [3.8, 4) is 0 Å². The standard InChI is InChI=1S/C18H24Cl2N3/c1-2-23(12-14-8-9-17(19)18(20)10-14)13-16(11-21-23)22-15-6-4-3-5-7-15/h8-11,13,15,22H,2-7,12H2,1H3/q+1. The maximum Gasteiger partial charge on any atom is 0.148 e. The average molecular weight is 353 g/mol. The molecule has 23 heavy (non-hydrogen) atoms. The number of hydrogen-bond donors (Lipinski definition) is 1. The van der Waals surface area contributed by atoms with Gasteiger partial charge in [-0.1, -0.05) is 53.6 Å². The Bertz CT molecular complexity index is 621. The Labute approximate surface area is 148 Å². The molecule has 1 unspecified atom stereocenters. The molecule has 1 aromatic carbocycles. The summed E-state index contributed by atoms with van der Waals surface area (Å²) in [4.78, 5) is 0. The van der Waals surface area contributed by atoms with Gasteiger partial charge in [0.15, 0.2) is 0 Å². The lowest BCUT2D eigenvalue weighted by atomic mass is 9.95. The Morgan fingerprint density at radius 1 is 1.17 bits per heavy atom. The first kappa shape index (κ1) is 16.8. The van der Waals surface area contributed by atoms with Gasteiger partial charge in [0.2, 0.25) is 0 Å². The zero-order chi connectivity index (χ0) is 16.3. The van der Waals surface area contributed by atoms with Crippen LogP contribution in [0.2, 0.25) is 10.0 Å². The minimum Gasteiger partial charge on any atom is -0.377 e. The molecule has 1 aliphatic heterocycles. The normalized spacial score (nSPS) is 24.7.